The number of nitrogens with zero attached hydrogens (tertiary/aromatic N) is 2. The Morgan fingerprint density at radius 2 is 1.93 bits per heavy atom. The number of carbonyl (C=O) groups is 2. The largest absolute Gasteiger partial charge is 0.496 e. The van der Waals surface area contributed by atoms with E-state index in [2.05, 4.69) is 16.8 Å². The summed E-state index contributed by atoms with van der Waals surface area (Å²) in [5.74, 6) is -1.00. The molecule has 1 saturated heterocycles. The average Bonchev–Trinajstić information content (AvgIpc) is 2.66. The molecule has 0 radical (unpaired) electrons. The van der Waals surface area contributed by atoms with Crippen molar-refractivity contribution in [2.45, 2.75) is 6.18 Å². The molecule has 1 aromatic carbocycles. The zero-order chi connectivity index (χ0) is 20.0. The Labute approximate surface area is 155 Å². The number of alkyl halides is 3. The molecular formula is C18H22F3N3O3. The first-order chi connectivity index (χ1) is 12.8. The van der Waals surface area contributed by atoms with Crippen molar-refractivity contribution in [3.63, 3.8) is 0 Å². The van der Waals surface area contributed by atoms with Crippen LogP contribution in [0.4, 0.5) is 13.2 Å². The molecule has 0 aromatic heterocycles. The van der Waals surface area contributed by atoms with Gasteiger partial charge in [-0.1, -0.05) is 6.58 Å². The van der Waals surface area contributed by atoms with Gasteiger partial charge in [0.05, 0.1) is 12.7 Å². The van der Waals surface area contributed by atoms with E-state index in [1.165, 1.54) is 17.0 Å². The minimum absolute atomic E-state index is 0.0187. The Morgan fingerprint density at radius 1 is 1.26 bits per heavy atom. The molecule has 0 spiro atoms. The van der Waals surface area contributed by atoms with E-state index in [4.69, 9.17) is 4.74 Å². The topological polar surface area (TPSA) is 61.9 Å². The Morgan fingerprint density at radius 3 is 2.48 bits per heavy atom. The maximum atomic E-state index is 13.1. The fourth-order valence-electron chi connectivity index (χ4n) is 2.83. The van der Waals surface area contributed by atoms with Gasteiger partial charge in [0.15, 0.2) is 0 Å². The highest BCUT2D eigenvalue weighted by molar-refractivity contribution is 5.94. The van der Waals surface area contributed by atoms with Gasteiger partial charge in [-0.25, -0.2) is 0 Å². The number of ether oxygens (including phenoxy) is 1. The molecule has 0 unspecified atom stereocenters. The predicted octanol–water partition coefficient (Wildman–Crippen LogP) is 1.77. The second-order valence-electron chi connectivity index (χ2n) is 6.04. The SMILES string of the molecule is C=CC(=O)NCCN1CCN(C(=O)c2ccc(OC)c(C(F)(F)F)c2)CC1. The van der Waals surface area contributed by atoms with Crippen molar-refractivity contribution in [1.29, 1.82) is 0 Å². The summed E-state index contributed by atoms with van der Waals surface area (Å²) in [6, 6.07) is 3.33. The minimum Gasteiger partial charge on any atom is -0.496 e. The van der Waals surface area contributed by atoms with Crippen molar-refractivity contribution in [2.75, 3.05) is 46.4 Å². The maximum Gasteiger partial charge on any atom is 0.419 e. The quantitative estimate of drug-likeness (QED) is 0.759. The van der Waals surface area contributed by atoms with Crippen molar-refractivity contribution >= 4 is 11.8 Å². The lowest BCUT2D eigenvalue weighted by atomic mass is 10.1. The first-order valence-corrected chi connectivity index (χ1v) is 8.43. The number of rotatable bonds is 6. The summed E-state index contributed by atoms with van der Waals surface area (Å²) in [5.41, 5.74) is -0.984. The highest BCUT2D eigenvalue weighted by Crippen LogP contribution is 2.36. The van der Waals surface area contributed by atoms with Crippen LogP contribution < -0.4 is 10.1 Å². The van der Waals surface area contributed by atoms with Crippen LogP contribution in [0.1, 0.15) is 15.9 Å². The highest BCUT2D eigenvalue weighted by atomic mass is 19.4. The van der Waals surface area contributed by atoms with Crippen LogP contribution in [-0.4, -0.2) is 68.0 Å². The molecule has 1 N–H and O–H groups in total. The molecule has 2 amide bonds. The third kappa shape index (κ3) is 5.46. The summed E-state index contributed by atoms with van der Waals surface area (Å²) in [7, 11) is 1.16. The van der Waals surface area contributed by atoms with Gasteiger partial charge in [-0.15, -0.1) is 0 Å². The zero-order valence-corrected chi connectivity index (χ0v) is 15.0. The highest BCUT2D eigenvalue weighted by Gasteiger charge is 2.35. The number of halogens is 3. The summed E-state index contributed by atoms with van der Waals surface area (Å²) < 4.78 is 44.1. The van der Waals surface area contributed by atoms with E-state index in [9.17, 15) is 22.8 Å². The van der Waals surface area contributed by atoms with Crippen molar-refractivity contribution < 1.29 is 27.5 Å². The van der Waals surface area contributed by atoms with E-state index in [1.54, 1.807) is 0 Å². The number of carbonyl (C=O) groups excluding carboxylic acids is 2. The summed E-state index contributed by atoms with van der Waals surface area (Å²) in [5, 5.41) is 2.67. The van der Waals surface area contributed by atoms with Crippen molar-refractivity contribution in [3.05, 3.63) is 42.0 Å². The maximum absolute atomic E-state index is 13.1. The Hall–Kier alpha value is -2.55. The molecule has 2 rings (SSSR count). The van der Waals surface area contributed by atoms with Crippen LogP contribution >= 0.6 is 0 Å². The zero-order valence-electron chi connectivity index (χ0n) is 15.0. The van der Waals surface area contributed by atoms with Crippen LogP contribution in [0.3, 0.4) is 0 Å². The van der Waals surface area contributed by atoms with Crippen molar-refractivity contribution in [3.8, 4) is 5.75 Å². The Balaban J connectivity index is 1.96. The molecule has 1 heterocycles. The minimum atomic E-state index is -4.60. The van der Waals surface area contributed by atoms with Gasteiger partial charge in [0.25, 0.3) is 5.91 Å². The molecule has 1 aliphatic heterocycles. The number of hydrogen-bond acceptors (Lipinski definition) is 4. The second kappa shape index (κ2) is 8.90. The molecule has 0 saturated carbocycles. The van der Waals surface area contributed by atoms with Crippen LogP contribution in [-0.2, 0) is 11.0 Å². The van der Waals surface area contributed by atoms with Crippen LogP contribution in [0.25, 0.3) is 0 Å². The van der Waals surface area contributed by atoms with Crippen LogP contribution in [0.15, 0.2) is 30.9 Å². The number of methoxy groups -OCH3 is 1. The van der Waals surface area contributed by atoms with Crippen molar-refractivity contribution in [1.82, 2.24) is 15.1 Å². The lowest BCUT2D eigenvalue weighted by molar-refractivity contribution is -0.138. The Kier molecular flexibility index (Phi) is 6.84. The van der Waals surface area contributed by atoms with Gasteiger partial charge in [-0.2, -0.15) is 13.2 Å². The summed E-state index contributed by atoms with van der Waals surface area (Å²) >= 11 is 0. The molecule has 0 bridgehead atoms. The summed E-state index contributed by atoms with van der Waals surface area (Å²) in [6.45, 7) is 6.43. The standard InChI is InChI=1S/C18H22F3N3O3/c1-3-16(25)22-6-7-23-8-10-24(11-9-23)17(26)13-4-5-15(27-2)14(12-13)18(19,20)21/h3-5,12H,1,6-11H2,2H3,(H,22,25). The van der Waals surface area contributed by atoms with Crippen LogP contribution in [0.2, 0.25) is 0 Å². The molecular weight excluding hydrogens is 363 g/mol. The van der Waals surface area contributed by atoms with Crippen molar-refractivity contribution in [2.24, 2.45) is 0 Å². The molecule has 1 aromatic rings. The molecule has 27 heavy (non-hydrogen) atoms. The number of nitrogens with one attached hydrogen (secondary N) is 1. The van der Waals surface area contributed by atoms with Crippen LogP contribution in [0, 0.1) is 0 Å². The molecule has 0 atom stereocenters. The predicted molar refractivity (Wildman–Crippen MR) is 93.5 cm³/mol. The molecule has 148 valence electrons. The smallest absolute Gasteiger partial charge is 0.419 e. The van der Waals surface area contributed by atoms with Gasteiger partial charge in [0.1, 0.15) is 5.75 Å². The Bertz CT molecular complexity index is 699. The van der Waals surface area contributed by atoms with E-state index in [-0.39, 0.29) is 17.2 Å². The monoisotopic (exact) mass is 385 g/mol. The van der Waals surface area contributed by atoms with E-state index in [1.807, 2.05) is 0 Å². The molecule has 6 nitrogen and oxygen atoms in total. The van der Waals surface area contributed by atoms with E-state index >= 15 is 0 Å². The molecule has 1 fully saturated rings. The second-order valence-corrected chi connectivity index (χ2v) is 6.04. The van der Waals surface area contributed by atoms with Gasteiger partial charge in [-0.05, 0) is 24.3 Å². The van der Waals surface area contributed by atoms with E-state index < -0.39 is 17.6 Å². The lowest BCUT2D eigenvalue weighted by Gasteiger charge is -2.34. The van der Waals surface area contributed by atoms with Gasteiger partial charge >= 0.3 is 6.18 Å². The van der Waals surface area contributed by atoms with Crippen LogP contribution in [0.5, 0.6) is 5.75 Å². The van der Waals surface area contributed by atoms with Gasteiger partial charge in [0, 0.05) is 44.8 Å². The summed E-state index contributed by atoms with van der Waals surface area (Å²) in [6.07, 6.45) is -3.41. The van der Waals surface area contributed by atoms with Gasteiger partial charge in [-0.3, -0.25) is 14.5 Å². The van der Waals surface area contributed by atoms with Gasteiger partial charge < -0.3 is 15.0 Å². The first kappa shape index (κ1) is 20.8. The fourth-order valence-corrected chi connectivity index (χ4v) is 2.83. The molecule has 0 aliphatic carbocycles. The number of hydrogen-bond donors (Lipinski definition) is 1. The normalized spacial score (nSPS) is 15.3. The number of piperazine rings is 1. The lowest BCUT2D eigenvalue weighted by Crippen LogP contribution is -2.50. The third-order valence-electron chi connectivity index (χ3n) is 4.32. The van der Waals surface area contributed by atoms with E-state index in [0.29, 0.717) is 39.3 Å². The number of benzene rings is 1. The summed E-state index contributed by atoms with van der Waals surface area (Å²) in [4.78, 5) is 27.3. The number of amides is 2. The third-order valence-corrected chi connectivity index (χ3v) is 4.32. The van der Waals surface area contributed by atoms with Gasteiger partial charge in [0.2, 0.25) is 5.91 Å². The fraction of sp³-hybridized carbons (Fsp3) is 0.444. The molecule has 9 heteroatoms. The average molecular weight is 385 g/mol. The molecule has 1 aliphatic rings. The first-order valence-electron chi connectivity index (χ1n) is 8.43. The van der Waals surface area contributed by atoms with E-state index in [0.717, 1.165) is 19.2 Å².